The molecule has 2 aromatic rings. The van der Waals surface area contributed by atoms with Crippen molar-refractivity contribution in [2.45, 2.75) is 39.7 Å². The van der Waals surface area contributed by atoms with Gasteiger partial charge in [-0.15, -0.1) is 24.0 Å². The fourth-order valence-corrected chi connectivity index (χ4v) is 2.19. The first kappa shape index (κ1) is 23.0. The zero-order valence-electron chi connectivity index (χ0n) is 16.0. The molecule has 0 aliphatic heterocycles. The SMILES string of the molecule is CCCCNC(N)=NCc1cccnc1Oc1ccc(OCCC)cc1.I. The van der Waals surface area contributed by atoms with Crippen LogP contribution in [-0.4, -0.2) is 24.1 Å². The number of hydrogen-bond donors (Lipinski definition) is 2. The second-order valence-electron chi connectivity index (χ2n) is 5.87. The van der Waals surface area contributed by atoms with Crippen molar-refractivity contribution in [3.8, 4) is 17.4 Å². The Balaban J connectivity index is 0.00000364. The van der Waals surface area contributed by atoms with Crippen molar-refractivity contribution in [2.24, 2.45) is 10.7 Å². The van der Waals surface area contributed by atoms with Gasteiger partial charge in [0.2, 0.25) is 5.88 Å². The van der Waals surface area contributed by atoms with Crippen molar-refractivity contribution < 1.29 is 9.47 Å². The molecule has 0 bridgehead atoms. The lowest BCUT2D eigenvalue weighted by Crippen LogP contribution is -2.32. The first-order valence-electron chi connectivity index (χ1n) is 9.11. The molecule has 0 aliphatic rings. The maximum atomic E-state index is 5.90. The molecule has 1 heterocycles. The summed E-state index contributed by atoms with van der Waals surface area (Å²) in [5.74, 6) is 2.49. The van der Waals surface area contributed by atoms with E-state index in [4.69, 9.17) is 15.2 Å². The number of pyridine rings is 1. The van der Waals surface area contributed by atoms with E-state index in [1.54, 1.807) is 6.20 Å². The minimum atomic E-state index is 0. The highest BCUT2D eigenvalue weighted by Gasteiger charge is 2.06. The summed E-state index contributed by atoms with van der Waals surface area (Å²) < 4.78 is 11.5. The molecule has 0 fully saturated rings. The molecule has 3 N–H and O–H groups in total. The van der Waals surface area contributed by atoms with Gasteiger partial charge in [-0.05, 0) is 43.2 Å². The molecule has 7 heteroatoms. The van der Waals surface area contributed by atoms with Crippen LogP contribution in [0.2, 0.25) is 0 Å². The van der Waals surface area contributed by atoms with Gasteiger partial charge in [0, 0.05) is 18.3 Å². The van der Waals surface area contributed by atoms with Crippen LogP contribution in [0.15, 0.2) is 47.6 Å². The second-order valence-corrected chi connectivity index (χ2v) is 5.87. The smallest absolute Gasteiger partial charge is 0.224 e. The normalized spacial score (nSPS) is 10.8. The van der Waals surface area contributed by atoms with E-state index >= 15 is 0 Å². The lowest BCUT2D eigenvalue weighted by atomic mass is 10.2. The van der Waals surface area contributed by atoms with E-state index in [0.717, 1.165) is 37.1 Å². The van der Waals surface area contributed by atoms with Crippen LogP contribution < -0.4 is 20.5 Å². The van der Waals surface area contributed by atoms with Crippen molar-refractivity contribution >= 4 is 29.9 Å². The summed E-state index contributed by atoms with van der Waals surface area (Å²) in [7, 11) is 0. The van der Waals surface area contributed by atoms with Gasteiger partial charge < -0.3 is 20.5 Å². The fourth-order valence-electron chi connectivity index (χ4n) is 2.19. The number of guanidine groups is 1. The third-order valence-corrected chi connectivity index (χ3v) is 3.62. The Kier molecular flexibility index (Phi) is 11.2. The lowest BCUT2D eigenvalue weighted by Gasteiger charge is -2.10. The molecule has 1 aromatic carbocycles. The summed E-state index contributed by atoms with van der Waals surface area (Å²) in [6.07, 6.45) is 4.86. The number of ether oxygens (including phenoxy) is 2. The Morgan fingerprint density at radius 1 is 1.11 bits per heavy atom. The van der Waals surface area contributed by atoms with E-state index in [1.165, 1.54) is 0 Å². The molecule has 0 atom stereocenters. The molecule has 1 aromatic heterocycles. The number of nitrogens with two attached hydrogens (primary N) is 1. The number of nitrogens with one attached hydrogen (secondary N) is 1. The molecule has 0 amide bonds. The van der Waals surface area contributed by atoms with Crippen LogP contribution in [0.4, 0.5) is 0 Å². The minimum Gasteiger partial charge on any atom is -0.494 e. The van der Waals surface area contributed by atoms with Gasteiger partial charge in [-0.25, -0.2) is 9.98 Å². The summed E-state index contributed by atoms with van der Waals surface area (Å²) >= 11 is 0. The fraction of sp³-hybridized carbons (Fsp3) is 0.400. The van der Waals surface area contributed by atoms with E-state index in [2.05, 4.69) is 29.1 Å². The van der Waals surface area contributed by atoms with Crippen LogP contribution in [0.1, 0.15) is 38.7 Å². The number of unbranched alkanes of at least 4 members (excludes halogenated alkanes) is 1. The third-order valence-electron chi connectivity index (χ3n) is 3.62. The van der Waals surface area contributed by atoms with E-state index in [0.29, 0.717) is 30.7 Å². The highest BCUT2D eigenvalue weighted by atomic mass is 127. The summed E-state index contributed by atoms with van der Waals surface area (Å²) in [5.41, 5.74) is 6.76. The van der Waals surface area contributed by atoms with Crippen LogP contribution in [0.25, 0.3) is 0 Å². The number of aromatic nitrogens is 1. The van der Waals surface area contributed by atoms with Gasteiger partial charge in [-0.1, -0.05) is 26.3 Å². The first-order valence-corrected chi connectivity index (χ1v) is 9.11. The quantitative estimate of drug-likeness (QED) is 0.225. The molecular formula is C20H29IN4O2. The Hall–Kier alpha value is -2.03. The van der Waals surface area contributed by atoms with Crippen LogP contribution in [0.5, 0.6) is 17.4 Å². The molecule has 0 saturated carbocycles. The summed E-state index contributed by atoms with van der Waals surface area (Å²) in [6.45, 7) is 6.15. The van der Waals surface area contributed by atoms with Gasteiger partial charge >= 0.3 is 0 Å². The van der Waals surface area contributed by atoms with Crippen molar-refractivity contribution in [1.82, 2.24) is 10.3 Å². The average molecular weight is 484 g/mol. The van der Waals surface area contributed by atoms with Gasteiger partial charge in [-0.2, -0.15) is 0 Å². The number of benzene rings is 1. The maximum absolute atomic E-state index is 5.90. The van der Waals surface area contributed by atoms with Crippen molar-refractivity contribution in [1.29, 1.82) is 0 Å². The number of halogens is 1. The monoisotopic (exact) mass is 484 g/mol. The van der Waals surface area contributed by atoms with E-state index in [1.807, 2.05) is 36.4 Å². The number of nitrogens with zero attached hydrogens (tertiary/aromatic N) is 2. The first-order chi connectivity index (χ1) is 12.7. The van der Waals surface area contributed by atoms with Crippen LogP contribution in [0, 0.1) is 0 Å². The molecule has 0 unspecified atom stereocenters. The topological polar surface area (TPSA) is 81.8 Å². The van der Waals surface area contributed by atoms with Gasteiger partial charge in [-0.3, -0.25) is 0 Å². The van der Waals surface area contributed by atoms with Gasteiger partial charge in [0.05, 0.1) is 13.2 Å². The molecule has 6 nitrogen and oxygen atoms in total. The van der Waals surface area contributed by atoms with Crippen LogP contribution in [0.3, 0.4) is 0 Å². The van der Waals surface area contributed by atoms with Crippen LogP contribution in [-0.2, 0) is 6.54 Å². The average Bonchev–Trinajstić information content (AvgIpc) is 2.67. The van der Waals surface area contributed by atoms with Crippen LogP contribution >= 0.6 is 24.0 Å². The van der Waals surface area contributed by atoms with Gasteiger partial charge in [0.1, 0.15) is 11.5 Å². The molecule has 0 saturated heterocycles. The summed E-state index contributed by atoms with van der Waals surface area (Å²) in [4.78, 5) is 8.68. The van der Waals surface area contributed by atoms with Gasteiger partial charge in [0.25, 0.3) is 0 Å². The van der Waals surface area contributed by atoms with Crippen molar-refractivity contribution in [3.63, 3.8) is 0 Å². The summed E-state index contributed by atoms with van der Waals surface area (Å²) in [5, 5.41) is 3.10. The predicted octanol–water partition coefficient (Wildman–Crippen LogP) is 4.49. The molecule has 0 radical (unpaired) electrons. The zero-order chi connectivity index (χ0) is 18.6. The standard InChI is InChI=1S/C20H28N4O2.HI/c1-3-5-12-23-20(21)24-15-16-7-6-13-22-19(16)26-18-10-8-17(9-11-18)25-14-4-2;/h6-11,13H,3-5,12,14-15H2,1-2H3,(H3,21,23,24);1H. The Labute approximate surface area is 178 Å². The zero-order valence-corrected chi connectivity index (χ0v) is 18.3. The highest BCUT2D eigenvalue weighted by Crippen LogP contribution is 2.25. The number of aliphatic imine (C=N–C) groups is 1. The molecule has 148 valence electrons. The molecule has 0 aliphatic carbocycles. The van der Waals surface area contributed by atoms with E-state index in [9.17, 15) is 0 Å². The Bertz CT molecular complexity index is 693. The lowest BCUT2D eigenvalue weighted by molar-refractivity contribution is 0.317. The third kappa shape index (κ3) is 8.47. The molecular weight excluding hydrogens is 455 g/mol. The second kappa shape index (κ2) is 13.2. The molecule has 2 rings (SSSR count). The minimum absolute atomic E-state index is 0. The maximum Gasteiger partial charge on any atom is 0.224 e. The molecule has 27 heavy (non-hydrogen) atoms. The predicted molar refractivity (Wildman–Crippen MR) is 120 cm³/mol. The Morgan fingerprint density at radius 3 is 2.56 bits per heavy atom. The number of rotatable bonds is 10. The summed E-state index contributed by atoms with van der Waals surface area (Å²) in [6, 6.07) is 11.3. The van der Waals surface area contributed by atoms with Gasteiger partial charge in [0.15, 0.2) is 5.96 Å². The Morgan fingerprint density at radius 2 is 1.85 bits per heavy atom. The van der Waals surface area contributed by atoms with E-state index < -0.39 is 0 Å². The number of hydrogen-bond acceptors (Lipinski definition) is 4. The van der Waals surface area contributed by atoms with Crippen molar-refractivity contribution in [3.05, 3.63) is 48.2 Å². The van der Waals surface area contributed by atoms with E-state index in [-0.39, 0.29) is 24.0 Å². The largest absolute Gasteiger partial charge is 0.494 e. The highest BCUT2D eigenvalue weighted by molar-refractivity contribution is 14.0. The molecule has 0 spiro atoms. The van der Waals surface area contributed by atoms with Crippen molar-refractivity contribution in [2.75, 3.05) is 13.2 Å².